The molecule has 0 aliphatic rings. The first-order valence-corrected chi connectivity index (χ1v) is 6.95. The van der Waals surface area contributed by atoms with Gasteiger partial charge in [0.1, 0.15) is 5.82 Å². The highest BCUT2D eigenvalue weighted by Gasteiger charge is 2.15. The first-order valence-electron chi connectivity index (χ1n) is 6.95. The molecule has 0 atom stereocenters. The van der Waals surface area contributed by atoms with Crippen molar-refractivity contribution < 1.29 is 14.3 Å². The molecule has 0 unspecified atom stereocenters. The van der Waals surface area contributed by atoms with Crippen molar-refractivity contribution in [3.8, 4) is 11.8 Å². The molecule has 0 radical (unpaired) electrons. The van der Waals surface area contributed by atoms with Gasteiger partial charge in [-0.3, -0.25) is 4.79 Å². The molecule has 1 rings (SSSR count). The Bertz CT molecular complexity index is 535. The number of aliphatic hydroxyl groups excluding tert-OH is 1. The van der Waals surface area contributed by atoms with E-state index in [2.05, 4.69) is 11.8 Å². The van der Waals surface area contributed by atoms with Crippen LogP contribution in [-0.2, 0) is 0 Å². The summed E-state index contributed by atoms with van der Waals surface area (Å²) in [5.41, 5.74) is 5.80. The van der Waals surface area contributed by atoms with Crippen molar-refractivity contribution in [2.24, 2.45) is 5.73 Å². The van der Waals surface area contributed by atoms with Crippen LogP contribution in [0.1, 0.15) is 35.2 Å². The highest BCUT2D eigenvalue weighted by atomic mass is 19.1. The molecule has 21 heavy (non-hydrogen) atoms. The number of hydrogen-bond acceptors (Lipinski definition) is 3. The first kappa shape index (κ1) is 17.2. The highest BCUT2D eigenvalue weighted by Crippen LogP contribution is 2.12. The van der Waals surface area contributed by atoms with Crippen molar-refractivity contribution in [3.05, 3.63) is 35.1 Å². The Morgan fingerprint density at radius 2 is 2.14 bits per heavy atom. The van der Waals surface area contributed by atoms with Gasteiger partial charge in [0, 0.05) is 25.8 Å². The highest BCUT2D eigenvalue weighted by molar-refractivity contribution is 5.94. The number of benzene rings is 1. The van der Waals surface area contributed by atoms with Crippen LogP contribution in [0.25, 0.3) is 0 Å². The van der Waals surface area contributed by atoms with E-state index in [-0.39, 0.29) is 24.6 Å². The summed E-state index contributed by atoms with van der Waals surface area (Å²) >= 11 is 0. The van der Waals surface area contributed by atoms with Crippen LogP contribution >= 0.6 is 0 Å². The summed E-state index contributed by atoms with van der Waals surface area (Å²) < 4.78 is 14.0. The van der Waals surface area contributed by atoms with Gasteiger partial charge >= 0.3 is 0 Å². The summed E-state index contributed by atoms with van der Waals surface area (Å²) in [5, 5.41) is 8.69. The smallest absolute Gasteiger partial charge is 0.256 e. The van der Waals surface area contributed by atoms with E-state index >= 15 is 0 Å². The second-order valence-electron chi connectivity index (χ2n) is 4.71. The number of rotatable bonds is 6. The molecule has 0 aliphatic carbocycles. The number of nitrogens with two attached hydrogens (primary N) is 1. The quantitative estimate of drug-likeness (QED) is 0.615. The standard InChI is InChI=1S/C16H21FN2O2/c1-19(10-3-2-4-11-20)16(21)14-8-7-13(6-5-9-18)12-15(14)17/h7-8,12,20H,2-4,9-11,18H2,1H3. The van der Waals surface area contributed by atoms with E-state index in [0.29, 0.717) is 18.5 Å². The van der Waals surface area contributed by atoms with Gasteiger partial charge in [-0.25, -0.2) is 4.39 Å². The van der Waals surface area contributed by atoms with Crippen LogP contribution in [0, 0.1) is 17.7 Å². The molecule has 0 saturated carbocycles. The molecule has 0 aliphatic heterocycles. The average Bonchev–Trinajstić information content (AvgIpc) is 2.48. The Hall–Kier alpha value is -1.90. The summed E-state index contributed by atoms with van der Waals surface area (Å²) in [6.45, 7) is 0.892. The number of carbonyl (C=O) groups excluding carboxylic acids is 1. The van der Waals surface area contributed by atoms with Crippen LogP contribution < -0.4 is 5.73 Å². The minimum Gasteiger partial charge on any atom is -0.396 e. The number of carbonyl (C=O) groups is 1. The molecule has 0 aromatic heterocycles. The Morgan fingerprint density at radius 3 is 2.76 bits per heavy atom. The zero-order chi connectivity index (χ0) is 15.7. The van der Waals surface area contributed by atoms with E-state index in [1.54, 1.807) is 13.1 Å². The van der Waals surface area contributed by atoms with E-state index in [1.165, 1.54) is 17.0 Å². The van der Waals surface area contributed by atoms with Gasteiger partial charge in [0.15, 0.2) is 0 Å². The lowest BCUT2D eigenvalue weighted by Crippen LogP contribution is -2.28. The van der Waals surface area contributed by atoms with Crippen LogP contribution in [0.3, 0.4) is 0 Å². The van der Waals surface area contributed by atoms with Crippen molar-refractivity contribution >= 4 is 5.91 Å². The number of unbranched alkanes of at least 4 members (excludes halogenated alkanes) is 2. The van der Waals surface area contributed by atoms with Crippen LogP contribution in [-0.4, -0.2) is 42.7 Å². The predicted molar refractivity (Wildman–Crippen MR) is 80.2 cm³/mol. The van der Waals surface area contributed by atoms with Crippen LogP contribution in [0.4, 0.5) is 4.39 Å². The van der Waals surface area contributed by atoms with Gasteiger partial charge in [-0.15, -0.1) is 0 Å². The lowest BCUT2D eigenvalue weighted by atomic mass is 10.1. The van der Waals surface area contributed by atoms with E-state index in [0.717, 1.165) is 12.8 Å². The number of amides is 1. The molecule has 3 N–H and O–H groups in total. The maximum atomic E-state index is 14.0. The molecule has 5 heteroatoms. The fraction of sp³-hybridized carbons (Fsp3) is 0.438. The molecule has 0 fully saturated rings. The predicted octanol–water partition coefficient (Wildman–Crippen LogP) is 1.37. The summed E-state index contributed by atoms with van der Waals surface area (Å²) in [6, 6.07) is 4.30. The van der Waals surface area contributed by atoms with Crippen LogP contribution in [0.2, 0.25) is 0 Å². The fourth-order valence-corrected chi connectivity index (χ4v) is 1.86. The zero-order valence-corrected chi connectivity index (χ0v) is 12.2. The minimum atomic E-state index is -0.578. The number of nitrogens with zero attached hydrogens (tertiary/aromatic N) is 1. The van der Waals surface area contributed by atoms with Gasteiger partial charge < -0.3 is 15.7 Å². The van der Waals surface area contributed by atoms with E-state index < -0.39 is 5.82 Å². The molecule has 1 aromatic rings. The van der Waals surface area contributed by atoms with Gasteiger partial charge in [-0.05, 0) is 37.5 Å². The summed E-state index contributed by atoms with van der Waals surface area (Å²) in [5.74, 6) is 4.43. The molecule has 114 valence electrons. The third-order valence-electron chi connectivity index (χ3n) is 3.03. The number of halogens is 1. The molecule has 0 heterocycles. The normalized spacial score (nSPS) is 9.90. The van der Waals surface area contributed by atoms with Crippen LogP contribution in [0.5, 0.6) is 0 Å². The van der Waals surface area contributed by atoms with Crippen molar-refractivity contribution in [3.63, 3.8) is 0 Å². The molecule has 0 bridgehead atoms. The first-order chi connectivity index (χ1) is 10.1. The fourth-order valence-electron chi connectivity index (χ4n) is 1.86. The van der Waals surface area contributed by atoms with Gasteiger partial charge in [-0.2, -0.15) is 0 Å². The maximum Gasteiger partial charge on any atom is 0.256 e. The summed E-state index contributed by atoms with van der Waals surface area (Å²) in [6.07, 6.45) is 2.33. The number of aliphatic hydroxyl groups is 1. The van der Waals surface area contributed by atoms with Gasteiger partial charge in [-0.1, -0.05) is 11.8 Å². The minimum absolute atomic E-state index is 0.0398. The molecule has 1 aromatic carbocycles. The van der Waals surface area contributed by atoms with Gasteiger partial charge in [0.25, 0.3) is 5.91 Å². The van der Waals surface area contributed by atoms with Gasteiger partial charge in [0.2, 0.25) is 0 Å². The second-order valence-corrected chi connectivity index (χ2v) is 4.71. The Kier molecular flexibility index (Phi) is 7.44. The second kappa shape index (κ2) is 9.11. The monoisotopic (exact) mass is 292 g/mol. The Labute approximate surface area is 124 Å². The topological polar surface area (TPSA) is 66.6 Å². The third-order valence-corrected chi connectivity index (χ3v) is 3.03. The molecule has 4 nitrogen and oxygen atoms in total. The molecule has 0 spiro atoms. The lowest BCUT2D eigenvalue weighted by molar-refractivity contribution is 0.0787. The van der Waals surface area contributed by atoms with Crippen LogP contribution in [0.15, 0.2) is 18.2 Å². The Balaban J connectivity index is 2.69. The zero-order valence-electron chi connectivity index (χ0n) is 12.2. The van der Waals surface area contributed by atoms with Gasteiger partial charge in [0.05, 0.1) is 12.1 Å². The average molecular weight is 292 g/mol. The number of hydrogen-bond donors (Lipinski definition) is 2. The van der Waals surface area contributed by atoms with E-state index in [4.69, 9.17) is 10.8 Å². The Morgan fingerprint density at radius 1 is 1.38 bits per heavy atom. The summed E-state index contributed by atoms with van der Waals surface area (Å²) in [7, 11) is 1.64. The third kappa shape index (κ3) is 5.54. The molecule has 1 amide bonds. The molecule has 0 saturated heterocycles. The molecular weight excluding hydrogens is 271 g/mol. The van der Waals surface area contributed by atoms with E-state index in [9.17, 15) is 9.18 Å². The van der Waals surface area contributed by atoms with Crippen molar-refractivity contribution in [2.75, 3.05) is 26.7 Å². The van der Waals surface area contributed by atoms with E-state index in [1.807, 2.05) is 0 Å². The summed E-state index contributed by atoms with van der Waals surface area (Å²) in [4.78, 5) is 13.6. The lowest BCUT2D eigenvalue weighted by Gasteiger charge is -2.17. The molecular formula is C16H21FN2O2. The maximum absolute atomic E-state index is 14.0. The van der Waals surface area contributed by atoms with Crippen molar-refractivity contribution in [1.29, 1.82) is 0 Å². The SMILES string of the molecule is CN(CCCCCO)C(=O)c1ccc(C#CCN)cc1F. The van der Waals surface area contributed by atoms with Crippen molar-refractivity contribution in [1.82, 2.24) is 4.90 Å². The largest absolute Gasteiger partial charge is 0.396 e. The van der Waals surface area contributed by atoms with Crippen molar-refractivity contribution in [2.45, 2.75) is 19.3 Å².